The zero-order chi connectivity index (χ0) is 15.6. The van der Waals surface area contributed by atoms with Gasteiger partial charge >= 0.3 is 0 Å². The summed E-state index contributed by atoms with van der Waals surface area (Å²) in [6.07, 6.45) is 7.06. The van der Waals surface area contributed by atoms with Crippen LogP contribution < -0.4 is 10.2 Å². The van der Waals surface area contributed by atoms with Crippen molar-refractivity contribution in [3.8, 4) is 0 Å². The van der Waals surface area contributed by atoms with Crippen LogP contribution in [0.1, 0.15) is 36.8 Å². The predicted octanol–water partition coefficient (Wildman–Crippen LogP) is 1.65. The van der Waals surface area contributed by atoms with Crippen molar-refractivity contribution >= 4 is 17.0 Å². The number of aromatic nitrogens is 3. The van der Waals surface area contributed by atoms with Crippen molar-refractivity contribution in [1.82, 2.24) is 15.0 Å². The second-order valence-electron chi connectivity index (χ2n) is 6.56. The number of nitrogens with zero attached hydrogens (tertiary/aromatic N) is 4. The summed E-state index contributed by atoms with van der Waals surface area (Å²) in [6, 6.07) is 4.06. The SMILES string of the molecule is [O-][n+]1nc(NCCN2CCCCC2)nc2ccc3c(c21)CCC3. The van der Waals surface area contributed by atoms with E-state index in [4.69, 9.17) is 0 Å². The molecule has 2 aromatic rings. The lowest BCUT2D eigenvalue weighted by molar-refractivity contribution is -0.642. The first-order chi connectivity index (χ1) is 11.3. The lowest BCUT2D eigenvalue weighted by atomic mass is 10.1. The summed E-state index contributed by atoms with van der Waals surface area (Å²) in [5, 5.41) is 19.6. The smallest absolute Gasteiger partial charge is 0.290 e. The Hall–Kier alpha value is -1.95. The summed E-state index contributed by atoms with van der Waals surface area (Å²) in [5.41, 5.74) is 3.81. The first kappa shape index (κ1) is 14.6. The van der Waals surface area contributed by atoms with E-state index in [0.717, 1.165) is 48.3 Å². The van der Waals surface area contributed by atoms with Crippen LogP contribution in [0.3, 0.4) is 0 Å². The number of benzene rings is 1. The number of hydrogen-bond donors (Lipinski definition) is 1. The molecule has 1 aromatic heterocycles. The molecule has 2 heterocycles. The molecule has 0 unspecified atom stereocenters. The van der Waals surface area contributed by atoms with E-state index < -0.39 is 0 Å². The fourth-order valence-corrected chi connectivity index (χ4v) is 3.79. The van der Waals surface area contributed by atoms with Gasteiger partial charge in [-0.05, 0) is 61.7 Å². The number of fused-ring (bicyclic) bond motifs is 3. The maximum atomic E-state index is 12.3. The van der Waals surface area contributed by atoms with Gasteiger partial charge in [-0.15, -0.1) is 0 Å². The van der Waals surface area contributed by atoms with Gasteiger partial charge < -0.3 is 15.4 Å². The second-order valence-corrected chi connectivity index (χ2v) is 6.56. The van der Waals surface area contributed by atoms with E-state index in [1.807, 2.05) is 6.07 Å². The van der Waals surface area contributed by atoms with E-state index in [1.54, 1.807) is 0 Å². The monoisotopic (exact) mass is 313 g/mol. The number of rotatable bonds is 4. The molecular formula is C17H23N5O. The third kappa shape index (κ3) is 2.95. The van der Waals surface area contributed by atoms with Crippen LogP contribution in [0.4, 0.5) is 5.95 Å². The molecule has 23 heavy (non-hydrogen) atoms. The minimum atomic E-state index is 0.433. The molecule has 1 aromatic carbocycles. The maximum absolute atomic E-state index is 12.3. The van der Waals surface area contributed by atoms with Gasteiger partial charge in [-0.3, -0.25) is 0 Å². The largest absolute Gasteiger partial charge is 0.594 e. The van der Waals surface area contributed by atoms with Crippen LogP contribution in [0.2, 0.25) is 0 Å². The molecule has 6 nitrogen and oxygen atoms in total. The predicted molar refractivity (Wildman–Crippen MR) is 89.3 cm³/mol. The summed E-state index contributed by atoms with van der Waals surface area (Å²) in [7, 11) is 0. The van der Waals surface area contributed by atoms with Gasteiger partial charge in [0.25, 0.3) is 11.5 Å². The molecule has 0 radical (unpaired) electrons. The Kier molecular flexibility index (Phi) is 3.99. The molecule has 4 rings (SSSR count). The lowest BCUT2D eigenvalue weighted by Gasteiger charge is -2.26. The van der Waals surface area contributed by atoms with Gasteiger partial charge in [-0.1, -0.05) is 12.5 Å². The van der Waals surface area contributed by atoms with Crippen molar-refractivity contribution in [2.24, 2.45) is 0 Å². The van der Waals surface area contributed by atoms with Crippen LogP contribution in [0.5, 0.6) is 0 Å². The van der Waals surface area contributed by atoms with Crippen LogP contribution in [-0.2, 0) is 12.8 Å². The number of nitrogens with one attached hydrogen (secondary N) is 1. The van der Waals surface area contributed by atoms with E-state index in [1.165, 1.54) is 37.9 Å². The first-order valence-corrected chi connectivity index (χ1v) is 8.70. The van der Waals surface area contributed by atoms with Gasteiger partial charge in [0.1, 0.15) is 5.52 Å². The highest BCUT2D eigenvalue weighted by molar-refractivity contribution is 5.77. The van der Waals surface area contributed by atoms with E-state index in [2.05, 4.69) is 26.4 Å². The van der Waals surface area contributed by atoms with Crippen LogP contribution >= 0.6 is 0 Å². The molecule has 1 N–H and O–H groups in total. The summed E-state index contributed by atoms with van der Waals surface area (Å²) in [5.74, 6) is 0.433. The van der Waals surface area contributed by atoms with E-state index in [-0.39, 0.29) is 0 Å². The zero-order valence-electron chi connectivity index (χ0n) is 13.4. The van der Waals surface area contributed by atoms with Crippen molar-refractivity contribution < 1.29 is 4.85 Å². The number of likely N-dealkylation sites (tertiary alicyclic amines) is 1. The Labute approximate surface area is 136 Å². The minimum Gasteiger partial charge on any atom is -0.594 e. The molecule has 1 fully saturated rings. The van der Waals surface area contributed by atoms with Gasteiger partial charge in [0.2, 0.25) is 0 Å². The Balaban J connectivity index is 1.49. The topological polar surface area (TPSA) is 68.0 Å². The molecule has 1 aliphatic heterocycles. The molecule has 0 spiro atoms. The molecule has 0 amide bonds. The van der Waals surface area contributed by atoms with Crippen molar-refractivity contribution in [2.75, 3.05) is 31.5 Å². The highest BCUT2D eigenvalue weighted by Gasteiger charge is 2.22. The van der Waals surface area contributed by atoms with Crippen LogP contribution in [0.15, 0.2) is 12.1 Å². The van der Waals surface area contributed by atoms with Gasteiger partial charge in [-0.25, -0.2) is 4.98 Å². The average Bonchev–Trinajstić information content (AvgIpc) is 3.04. The van der Waals surface area contributed by atoms with Crippen LogP contribution in [-0.4, -0.2) is 41.2 Å². The lowest BCUT2D eigenvalue weighted by Crippen LogP contribution is -2.36. The first-order valence-electron chi connectivity index (χ1n) is 8.70. The molecule has 0 atom stereocenters. The van der Waals surface area contributed by atoms with Crippen molar-refractivity contribution in [3.05, 3.63) is 28.5 Å². The number of anilines is 1. The van der Waals surface area contributed by atoms with E-state index in [0.29, 0.717) is 11.5 Å². The molecule has 122 valence electrons. The summed E-state index contributed by atoms with van der Waals surface area (Å²) in [6.45, 7) is 4.10. The molecule has 0 saturated carbocycles. The molecule has 1 aliphatic carbocycles. The highest BCUT2D eigenvalue weighted by Crippen LogP contribution is 2.27. The van der Waals surface area contributed by atoms with Crippen LogP contribution in [0.25, 0.3) is 11.0 Å². The standard InChI is InChI=1S/C17H23N5O/c23-22-16-14-6-4-5-13(14)7-8-15(16)19-17(20-22)18-9-12-21-10-2-1-3-11-21/h7-8H,1-6,9-12H2,(H,18,19,20). The van der Waals surface area contributed by atoms with Crippen molar-refractivity contribution in [3.63, 3.8) is 0 Å². The molecule has 6 heteroatoms. The van der Waals surface area contributed by atoms with E-state index >= 15 is 0 Å². The van der Waals surface area contributed by atoms with Gasteiger partial charge in [0, 0.05) is 18.7 Å². The minimum absolute atomic E-state index is 0.433. The summed E-state index contributed by atoms with van der Waals surface area (Å²) in [4.78, 5) is 7.75. The number of hydrogen-bond acceptors (Lipinski definition) is 5. The second kappa shape index (κ2) is 6.28. The van der Waals surface area contributed by atoms with Gasteiger partial charge in [-0.2, -0.15) is 0 Å². The number of aryl methyl sites for hydroxylation is 2. The Morgan fingerprint density at radius 1 is 1.13 bits per heavy atom. The van der Waals surface area contributed by atoms with Crippen LogP contribution in [0, 0.1) is 5.21 Å². The average molecular weight is 313 g/mol. The summed E-state index contributed by atoms with van der Waals surface area (Å²) < 4.78 is 0. The molecular weight excluding hydrogens is 290 g/mol. The fourth-order valence-electron chi connectivity index (χ4n) is 3.79. The Bertz CT molecular complexity index is 712. The van der Waals surface area contributed by atoms with Gasteiger partial charge in [0.15, 0.2) is 0 Å². The molecule has 2 aliphatic rings. The normalized spacial score (nSPS) is 18.3. The summed E-state index contributed by atoms with van der Waals surface area (Å²) >= 11 is 0. The number of piperidine rings is 1. The third-order valence-corrected chi connectivity index (χ3v) is 4.99. The quantitative estimate of drug-likeness (QED) is 0.686. The maximum Gasteiger partial charge on any atom is 0.290 e. The Morgan fingerprint density at radius 3 is 2.87 bits per heavy atom. The van der Waals surface area contributed by atoms with Gasteiger partial charge in [0.05, 0.1) is 5.10 Å². The fraction of sp³-hybridized carbons (Fsp3) is 0.588. The third-order valence-electron chi connectivity index (χ3n) is 4.99. The Morgan fingerprint density at radius 2 is 2.00 bits per heavy atom. The van der Waals surface area contributed by atoms with E-state index in [9.17, 15) is 5.21 Å². The van der Waals surface area contributed by atoms with Crippen molar-refractivity contribution in [1.29, 1.82) is 0 Å². The van der Waals surface area contributed by atoms with Crippen molar-refractivity contribution in [2.45, 2.75) is 38.5 Å². The highest BCUT2D eigenvalue weighted by atomic mass is 16.5. The molecule has 0 bridgehead atoms. The zero-order valence-corrected chi connectivity index (χ0v) is 13.4. The molecule has 1 saturated heterocycles.